The Morgan fingerprint density at radius 3 is 1.88 bits per heavy atom. The highest BCUT2D eigenvalue weighted by Crippen LogP contribution is 2.30. The lowest BCUT2D eigenvalue weighted by molar-refractivity contribution is -0.148. The van der Waals surface area contributed by atoms with E-state index in [0.29, 0.717) is 64.6 Å². The number of nitrogens with one attached hydrogen (secondary N) is 5. The lowest BCUT2D eigenvalue weighted by atomic mass is 9.89. The van der Waals surface area contributed by atoms with Crippen molar-refractivity contribution in [3.63, 3.8) is 0 Å². The summed E-state index contributed by atoms with van der Waals surface area (Å²) in [6.45, 7) is 14.7. The molecule has 1 saturated heterocycles. The van der Waals surface area contributed by atoms with E-state index in [-0.39, 0.29) is 97.2 Å². The molecule has 80 heavy (non-hydrogen) atoms. The standard InChI is InChI=1S/C60H91N9O11/c1-12-41(6)55(67(9)60(78)53(39(2)3)63-59(77)54(40(4)5)66(8)33-23-30-49(71)65-64-48(70)29-20-15-21-34-69-50(72)31-32-51(69)73)47(79-10)37-52(74)68-35-22-28-46(68)56(80-11)42(7)57(75)62-45(36-43-24-16-13-17-25-43)58(76)61-38-44-26-18-14-19-27-44/h13-14,16-19,24-27,31-32,39-42,45-47,53-56H,12,15,20-23,28-30,33-38H2,1-11H3,(H,61,76)(H,62,75)(H,63,77)(H,64,70)(H,65,71)/t41?,42?,45?,46-,47?,53?,54?,55?,56?/m0/s1. The van der Waals surface area contributed by atoms with Crippen molar-refractivity contribution in [2.75, 3.05) is 47.9 Å². The maximum Gasteiger partial charge on any atom is 0.253 e. The fourth-order valence-electron chi connectivity index (χ4n) is 10.8. The van der Waals surface area contributed by atoms with Gasteiger partial charge in [0.25, 0.3) is 11.8 Å². The molecule has 0 aromatic heterocycles. The number of ether oxygens (including phenoxy) is 2. The van der Waals surface area contributed by atoms with Crippen molar-refractivity contribution in [2.45, 2.75) is 168 Å². The number of hydrogen-bond acceptors (Lipinski definition) is 12. The highest BCUT2D eigenvalue weighted by molar-refractivity contribution is 6.12. The van der Waals surface area contributed by atoms with Gasteiger partial charge < -0.3 is 35.2 Å². The van der Waals surface area contributed by atoms with Crippen LogP contribution < -0.4 is 26.8 Å². The Morgan fingerprint density at radius 2 is 1.31 bits per heavy atom. The lowest BCUT2D eigenvalue weighted by Crippen LogP contribution is -2.60. The predicted molar refractivity (Wildman–Crippen MR) is 304 cm³/mol. The molecule has 2 aliphatic heterocycles. The summed E-state index contributed by atoms with van der Waals surface area (Å²) in [5.74, 6) is -4.38. The van der Waals surface area contributed by atoms with Gasteiger partial charge in [0.1, 0.15) is 12.1 Å². The first kappa shape index (κ1) is 66.0. The first-order valence-corrected chi connectivity index (χ1v) is 28.5. The summed E-state index contributed by atoms with van der Waals surface area (Å²) < 4.78 is 12.2. The number of likely N-dealkylation sites (tertiary alicyclic amines) is 1. The second kappa shape index (κ2) is 33.3. The molecule has 0 bridgehead atoms. The number of imide groups is 1. The number of methoxy groups -OCH3 is 2. The van der Waals surface area contributed by atoms with Crippen LogP contribution in [0.3, 0.4) is 0 Å². The largest absolute Gasteiger partial charge is 0.379 e. The van der Waals surface area contributed by atoms with Gasteiger partial charge >= 0.3 is 0 Å². The van der Waals surface area contributed by atoms with Crippen molar-refractivity contribution >= 4 is 53.2 Å². The number of likely N-dealkylation sites (N-methyl/N-ethyl adjacent to an activating group) is 2. The Balaban J connectivity index is 1.35. The number of hydrazine groups is 1. The summed E-state index contributed by atoms with van der Waals surface area (Å²) >= 11 is 0. The molecular formula is C60H91N9O11. The molecule has 1 fully saturated rings. The third-order valence-corrected chi connectivity index (χ3v) is 15.5. The molecule has 5 N–H and O–H groups in total. The Hall–Kier alpha value is -6.51. The van der Waals surface area contributed by atoms with Crippen molar-refractivity contribution < 1.29 is 52.6 Å². The molecule has 20 nitrogen and oxygen atoms in total. The highest BCUT2D eigenvalue weighted by Gasteiger charge is 2.44. The maximum absolute atomic E-state index is 14.7. The van der Waals surface area contributed by atoms with Crippen LogP contribution in [0.1, 0.15) is 124 Å². The molecule has 9 amide bonds. The monoisotopic (exact) mass is 1110 g/mol. The average molecular weight is 1110 g/mol. The minimum Gasteiger partial charge on any atom is -0.379 e. The van der Waals surface area contributed by atoms with E-state index < -0.39 is 54.2 Å². The van der Waals surface area contributed by atoms with E-state index in [1.807, 2.05) is 107 Å². The van der Waals surface area contributed by atoms with E-state index in [9.17, 15) is 43.2 Å². The third kappa shape index (κ3) is 19.6. The van der Waals surface area contributed by atoms with Gasteiger partial charge in [-0.05, 0) is 74.6 Å². The van der Waals surface area contributed by atoms with Crippen molar-refractivity contribution in [2.24, 2.45) is 23.7 Å². The van der Waals surface area contributed by atoms with E-state index in [0.717, 1.165) is 16.0 Å². The molecule has 2 aromatic rings. The lowest BCUT2D eigenvalue weighted by Gasteiger charge is -2.41. The molecule has 0 aliphatic carbocycles. The van der Waals surface area contributed by atoms with Gasteiger partial charge in [0, 0.05) is 72.3 Å². The molecule has 2 aliphatic rings. The van der Waals surface area contributed by atoms with Gasteiger partial charge in [0.15, 0.2) is 0 Å². The number of nitrogens with zero attached hydrogens (tertiary/aromatic N) is 4. The fourth-order valence-corrected chi connectivity index (χ4v) is 10.8. The smallest absolute Gasteiger partial charge is 0.253 e. The Labute approximate surface area is 474 Å². The molecule has 0 saturated carbocycles. The first-order valence-electron chi connectivity index (χ1n) is 28.5. The topological polar surface area (TPSA) is 245 Å². The molecule has 442 valence electrons. The second-order valence-corrected chi connectivity index (χ2v) is 22.1. The normalized spacial score (nSPS) is 17.4. The van der Waals surface area contributed by atoms with Gasteiger partial charge in [-0.1, -0.05) is 122 Å². The van der Waals surface area contributed by atoms with Gasteiger partial charge in [-0.3, -0.25) is 63.8 Å². The minimum atomic E-state index is -0.924. The van der Waals surface area contributed by atoms with Crippen LogP contribution in [-0.4, -0.2) is 163 Å². The van der Waals surface area contributed by atoms with Crippen molar-refractivity contribution in [3.05, 3.63) is 83.9 Å². The van der Waals surface area contributed by atoms with Crippen LogP contribution in [0.5, 0.6) is 0 Å². The summed E-state index contributed by atoms with van der Waals surface area (Å²) in [7, 11) is 6.53. The zero-order chi connectivity index (χ0) is 59.1. The van der Waals surface area contributed by atoms with Crippen molar-refractivity contribution in [1.82, 2.24) is 46.4 Å². The molecule has 2 heterocycles. The molecule has 20 heteroatoms. The summed E-state index contributed by atoms with van der Waals surface area (Å²) in [5.41, 5.74) is 6.68. The Kier molecular flexibility index (Phi) is 27.5. The van der Waals surface area contributed by atoms with Crippen LogP contribution in [0, 0.1) is 23.7 Å². The quantitative estimate of drug-likeness (QED) is 0.0378. The van der Waals surface area contributed by atoms with E-state index in [2.05, 4.69) is 26.8 Å². The van der Waals surface area contributed by atoms with Gasteiger partial charge in [0.2, 0.25) is 41.4 Å². The van der Waals surface area contributed by atoms with Crippen LogP contribution in [0.4, 0.5) is 0 Å². The number of amides is 9. The van der Waals surface area contributed by atoms with E-state index in [4.69, 9.17) is 9.47 Å². The zero-order valence-corrected chi connectivity index (χ0v) is 49.2. The average Bonchev–Trinajstić information content (AvgIpc) is 4.06. The van der Waals surface area contributed by atoms with E-state index in [1.54, 1.807) is 30.8 Å². The van der Waals surface area contributed by atoms with Crippen LogP contribution in [0.25, 0.3) is 0 Å². The summed E-state index contributed by atoms with van der Waals surface area (Å²) in [6.07, 6.45) is 5.50. The van der Waals surface area contributed by atoms with Crippen LogP contribution in [-0.2, 0) is 65.6 Å². The highest BCUT2D eigenvalue weighted by atomic mass is 16.5. The SMILES string of the molecule is CCC(C)C(C(CC(=O)N1CCC[C@H]1C(OC)C(C)C(=O)NC(Cc1ccccc1)C(=O)NCc1ccccc1)OC)N(C)C(=O)C(NC(=O)C(C(C)C)N(C)CCCC(=O)NNC(=O)CCCCCN1C(=O)C=CC1=O)C(C)C. The Morgan fingerprint density at radius 1 is 0.713 bits per heavy atom. The number of hydrogen-bond donors (Lipinski definition) is 5. The number of benzene rings is 2. The third-order valence-electron chi connectivity index (χ3n) is 15.5. The van der Waals surface area contributed by atoms with E-state index >= 15 is 0 Å². The number of carbonyl (C=O) groups is 9. The summed E-state index contributed by atoms with van der Waals surface area (Å²) in [6, 6.07) is 15.5. The summed E-state index contributed by atoms with van der Waals surface area (Å²) in [4.78, 5) is 126. The number of carbonyl (C=O) groups excluding carboxylic acids is 9. The zero-order valence-electron chi connectivity index (χ0n) is 49.2. The molecular weight excluding hydrogens is 1020 g/mol. The Bertz CT molecular complexity index is 2370. The van der Waals surface area contributed by atoms with Crippen LogP contribution >= 0.6 is 0 Å². The summed E-state index contributed by atoms with van der Waals surface area (Å²) in [5, 5.41) is 9.04. The predicted octanol–water partition coefficient (Wildman–Crippen LogP) is 4.46. The molecule has 9 atom stereocenters. The van der Waals surface area contributed by atoms with Gasteiger partial charge in [-0.2, -0.15) is 0 Å². The fraction of sp³-hybridized carbons (Fsp3) is 0.617. The van der Waals surface area contributed by atoms with Crippen LogP contribution in [0.2, 0.25) is 0 Å². The molecule has 8 unspecified atom stereocenters. The second-order valence-electron chi connectivity index (χ2n) is 22.1. The number of unbranched alkanes of at least 4 members (excludes halogenated alkanes) is 2. The van der Waals surface area contributed by atoms with Crippen molar-refractivity contribution in [3.8, 4) is 0 Å². The van der Waals surface area contributed by atoms with Gasteiger partial charge in [-0.25, -0.2) is 0 Å². The van der Waals surface area contributed by atoms with Crippen molar-refractivity contribution in [1.29, 1.82) is 0 Å². The molecule has 4 rings (SSSR count). The van der Waals surface area contributed by atoms with Gasteiger partial charge in [0.05, 0.1) is 42.7 Å². The molecule has 2 aromatic carbocycles. The first-order chi connectivity index (χ1) is 38.1. The number of rotatable bonds is 33. The molecule has 0 radical (unpaired) electrons. The van der Waals surface area contributed by atoms with E-state index in [1.165, 1.54) is 26.4 Å². The maximum atomic E-state index is 14.7. The van der Waals surface area contributed by atoms with Crippen LogP contribution in [0.15, 0.2) is 72.8 Å². The minimum absolute atomic E-state index is 0.0617. The molecule has 0 spiro atoms. The van der Waals surface area contributed by atoms with Gasteiger partial charge in [-0.15, -0.1) is 0 Å².